The highest BCUT2D eigenvalue weighted by molar-refractivity contribution is 6.20. The Morgan fingerprint density at radius 1 is 0.957 bits per heavy atom. The summed E-state index contributed by atoms with van der Waals surface area (Å²) in [6, 6.07) is 12.3. The van der Waals surface area contributed by atoms with Gasteiger partial charge < -0.3 is 14.6 Å². The largest absolute Gasteiger partial charge is 0.497 e. The molecule has 5 heteroatoms. The number of carboxylic acids is 1. The molecule has 3 rings (SSSR count). The van der Waals surface area contributed by atoms with Gasteiger partial charge in [0.25, 0.3) is 0 Å². The molecule has 0 radical (unpaired) electrons. The number of rotatable bonds is 3. The first-order valence-electron chi connectivity index (χ1n) is 6.92. The molecule has 5 nitrogen and oxygen atoms in total. The lowest BCUT2D eigenvalue weighted by atomic mass is 9.94. The summed E-state index contributed by atoms with van der Waals surface area (Å²) in [5, 5.41) is 12.5. The van der Waals surface area contributed by atoms with E-state index >= 15 is 0 Å². The highest BCUT2D eigenvalue weighted by Crippen LogP contribution is 2.33. The maximum absolute atomic E-state index is 11.9. The molecule has 116 valence electrons. The topological polar surface area (TPSA) is 72.8 Å². The highest BCUT2D eigenvalue weighted by Gasteiger charge is 2.21. The van der Waals surface area contributed by atoms with E-state index in [2.05, 4.69) is 0 Å². The van der Waals surface area contributed by atoms with Crippen LogP contribution >= 0.6 is 0 Å². The van der Waals surface area contributed by atoms with Crippen LogP contribution in [0.15, 0.2) is 42.5 Å². The lowest BCUT2D eigenvalue weighted by molar-refractivity contribution is 0.0583. The summed E-state index contributed by atoms with van der Waals surface area (Å²) in [6.07, 6.45) is 0. The first-order chi connectivity index (χ1) is 11.1. The number of methoxy groups -OCH3 is 2. The Hall–Kier alpha value is -3.08. The van der Waals surface area contributed by atoms with E-state index in [0.717, 1.165) is 10.8 Å². The minimum Gasteiger partial charge on any atom is -0.497 e. The second-order valence-corrected chi connectivity index (χ2v) is 5.04. The number of carbonyl (C=O) groups is 2. The molecule has 0 heterocycles. The summed E-state index contributed by atoms with van der Waals surface area (Å²) in [7, 11) is 2.77. The molecule has 3 aromatic carbocycles. The van der Waals surface area contributed by atoms with Gasteiger partial charge in [-0.2, -0.15) is 0 Å². The van der Waals surface area contributed by atoms with Crippen LogP contribution in [-0.4, -0.2) is 31.3 Å². The second kappa shape index (κ2) is 5.61. The van der Waals surface area contributed by atoms with Gasteiger partial charge in [0.1, 0.15) is 5.75 Å². The molecule has 0 aromatic heterocycles. The maximum atomic E-state index is 11.9. The molecule has 0 amide bonds. The van der Waals surface area contributed by atoms with Crippen LogP contribution in [0.3, 0.4) is 0 Å². The summed E-state index contributed by atoms with van der Waals surface area (Å²) in [5.74, 6) is -1.24. The molecule has 3 aromatic rings. The first-order valence-corrected chi connectivity index (χ1v) is 6.92. The SMILES string of the molecule is COC(=O)c1ccc2ccc3ccc(OC)cc3c2c1C(=O)O. The van der Waals surface area contributed by atoms with Crippen LogP contribution in [0.25, 0.3) is 21.5 Å². The van der Waals surface area contributed by atoms with Crippen LogP contribution in [0.2, 0.25) is 0 Å². The van der Waals surface area contributed by atoms with Gasteiger partial charge in [-0.1, -0.05) is 24.3 Å². The van der Waals surface area contributed by atoms with Gasteiger partial charge in [-0.3, -0.25) is 0 Å². The Bertz CT molecular complexity index is 943. The van der Waals surface area contributed by atoms with Crippen molar-refractivity contribution in [2.45, 2.75) is 0 Å². The summed E-state index contributed by atoms with van der Waals surface area (Å²) in [5.41, 5.74) is -0.0315. The second-order valence-electron chi connectivity index (χ2n) is 5.04. The standard InChI is InChI=1S/C18H14O5/c1-22-12-7-5-10-3-4-11-6-8-13(18(21)23-2)16(17(19)20)15(11)14(10)9-12/h3-9H,1-2H3,(H,19,20). The Kier molecular flexibility index (Phi) is 3.62. The zero-order valence-corrected chi connectivity index (χ0v) is 12.6. The number of benzene rings is 3. The molecule has 0 bridgehead atoms. The average Bonchev–Trinajstić information content (AvgIpc) is 2.58. The number of aromatic carboxylic acids is 1. The smallest absolute Gasteiger partial charge is 0.338 e. The van der Waals surface area contributed by atoms with Crippen molar-refractivity contribution in [1.29, 1.82) is 0 Å². The third-order valence-corrected chi connectivity index (χ3v) is 3.83. The molecule has 0 saturated carbocycles. The molecule has 0 unspecified atom stereocenters. The molecule has 23 heavy (non-hydrogen) atoms. The number of fused-ring (bicyclic) bond motifs is 3. The van der Waals surface area contributed by atoms with Crippen molar-refractivity contribution in [3.05, 3.63) is 53.6 Å². The van der Waals surface area contributed by atoms with Gasteiger partial charge >= 0.3 is 11.9 Å². The fourth-order valence-electron chi connectivity index (χ4n) is 2.75. The van der Waals surface area contributed by atoms with Crippen molar-refractivity contribution in [2.75, 3.05) is 14.2 Å². The van der Waals surface area contributed by atoms with Gasteiger partial charge in [0.05, 0.1) is 25.3 Å². The van der Waals surface area contributed by atoms with Gasteiger partial charge in [0.15, 0.2) is 0 Å². The fourth-order valence-corrected chi connectivity index (χ4v) is 2.75. The Balaban J connectivity index is 2.52. The molecule has 1 N–H and O–H groups in total. The minimum absolute atomic E-state index is 0.0304. The van der Waals surface area contributed by atoms with Gasteiger partial charge in [0.2, 0.25) is 0 Å². The molecular weight excluding hydrogens is 296 g/mol. The summed E-state index contributed by atoms with van der Waals surface area (Å²) >= 11 is 0. The molecule has 0 atom stereocenters. The van der Waals surface area contributed by atoms with E-state index in [1.165, 1.54) is 13.2 Å². The van der Waals surface area contributed by atoms with Crippen LogP contribution in [0.1, 0.15) is 20.7 Å². The van der Waals surface area contributed by atoms with Crippen molar-refractivity contribution in [3.63, 3.8) is 0 Å². The Labute approximate surface area is 132 Å². The third kappa shape index (κ3) is 2.36. The van der Waals surface area contributed by atoms with Crippen LogP contribution < -0.4 is 4.74 Å². The lowest BCUT2D eigenvalue weighted by Gasteiger charge is -2.12. The van der Waals surface area contributed by atoms with E-state index in [0.29, 0.717) is 16.5 Å². The van der Waals surface area contributed by atoms with Gasteiger partial charge in [-0.05, 0) is 34.4 Å². The van der Waals surface area contributed by atoms with Gasteiger partial charge in [-0.25, -0.2) is 9.59 Å². The van der Waals surface area contributed by atoms with Crippen LogP contribution in [0.4, 0.5) is 0 Å². The fraction of sp³-hybridized carbons (Fsp3) is 0.111. The van der Waals surface area contributed by atoms with Crippen molar-refractivity contribution in [3.8, 4) is 5.75 Å². The van der Waals surface area contributed by atoms with Gasteiger partial charge in [0, 0.05) is 5.39 Å². The summed E-state index contributed by atoms with van der Waals surface area (Å²) < 4.78 is 9.94. The zero-order valence-electron chi connectivity index (χ0n) is 12.6. The first kappa shape index (κ1) is 14.8. The molecule has 0 fully saturated rings. The van der Waals surface area contributed by atoms with E-state index in [9.17, 15) is 14.7 Å². The van der Waals surface area contributed by atoms with E-state index in [4.69, 9.17) is 9.47 Å². The van der Waals surface area contributed by atoms with E-state index in [1.54, 1.807) is 25.3 Å². The molecule has 0 spiro atoms. The van der Waals surface area contributed by atoms with Crippen molar-refractivity contribution in [2.24, 2.45) is 0 Å². The monoisotopic (exact) mass is 310 g/mol. The highest BCUT2D eigenvalue weighted by atomic mass is 16.5. The number of ether oxygens (including phenoxy) is 2. The van der Waals surface area contributed by atoms with Crippen molar-refractivity contribution in [1.82, 2.24) is 0 Å². The summed E-state index contributed by atoms with van der Waals surface area (Å²) in [6.45, 7) is 0. The Morgan fingerprint density at radius 3 is 2.26 bits per heavy atom. The van der Waals surface area contributed by atoms with E-state index < -0.39 is 11.9 Å². The van der Waals surface area contributed by atoms with E-state index in [1.807, 2.05) is 18.2 Å². The van der Waals surface area contributed by atoms with Gasteiger partial charge in [-0.15, -0.1) is 0 Å². The molecule has 0 aliphatic rings. The maximum Gasteiger partial charge on any atom is 0.338 e. The van der Waals surface area contributed by atoms with Crippen molar-refractivity contribution < 1.29 is 24.2 Å². The lowest BCUT2D eigenvalue weighted by Crippen LogP contribution is -2.10. The zero-order chi connectivity index (χ0) is 16.6. The number of carbonyl (C=O) groups excluding carboxylic acids is 1. The molecule has 0 saturated heterocycles. The number of hydrogen-bond acceptors (Lipinski definition) is 4. The van der Waals surface area contributed by atoms with Crippen molar-refractivity contribution >= 4 is 33.5 Å². The third-order valence-electron chi connectivity index (χ3n) is 3.83. The predicted octanol–water partition coefficient (Wildman–Crippen LogP) is 3.49. The molecule has 0 aliphatic heterocycles. The number of hydrogen-bond donors (Lipinski definition) is 1. The Morgan fingerprint density at radius 2 is 1.61 bits per heavy atom. The van der Waals surface area contributed by atoms with E-state index in [-0.39, 0.29) is 11.1 Å². The molecular formula is C18H14O5. The number of esters is 1. The normalized spacial score (nSPS) is 10.7. The average molecular weight is 310 g/mol. The van der Waals surface area contributed by atoms with Crippen LogP contribution in [-0.2, 0) is 4.74 Å². The van der Waals surface area contributed by atoms with Crippen LogP contribution in [0, 0.1) is 0 Å². The number of carboxylic acid groups (broad SMARTS) is 1. The predicted molar refractivity (Wildman–Crippen MR) is 86.3 cm³/mol. The quantitative estimate of drug-likeness (QED) is 0.592. The minimum atomic E-state index is -1.17. The molecule has 0 aliphatic carbocycles. The summed E-state index contributed by atoms with van der Waals surface area (Å²) in [4.78, 5) is 23.7. The van der Waals surface area contributed by atoms with Crippen LogP contribution in [0.5, 0.6) is 5.75 Å².